The van der Waals surface area contributed by atoms with Crippen LogP contribution in [0.2, 0.25) is 0 Å². The highest BCUT2D eigenvalue weighted by atomic mass is 127. The van der Waals surface area contributed by atoms with E-state index in [0.717, 1.165) is 45.0 Å². The topological polar surface area (TPSA) is 55.3 Å². The number of nitrogens with zero attached hydrogens (tertiary/aromatic N) is 2. The number of guanidine groups is 1. The third-order valence-electron chi connectivity index (χ3n) is 5.01. The fourth-order valence-corrected chi connectivity index (χ4v) is 3.59. The first-order valence-electron chi connectivity index (χ1n) is 10.0. The lowest BCUT2D eigenvalue weighted by Crippen LogP contribution is -2.53. The van der Waals surface area contributed by atoms with Crippen molar-refractivity contribution in [1.29, 1.82) is 0 Å². The first-order chi connectivity index (χ1) is 13.2. The van der Waals surface area contributed by atoms with Crippen LogP contribution >= 0.6 is 24.0 Å². The van der Waals surface area contributed by atoms with Crippen LogP contribution in [0.25, 0.3) is 0 Å². The summed E-state index contributed by atoms with van der Waals surface area (Å²) in [6.45, 7) is 8.75. The summed E-state index contributed by atoms with van der Waals surface area (Å²) in [6.07, 6.45) is 2.83. The lowest BCUT2D eigenvalue weighted by atomic mass is 10.1. The molecule has 0 spiro atoms. The van der Waals surface area contributed by atoms with Gasteiger partial charge in [-0.2, -0.15) is 0 Å². The van der Waals surface area contributed by atoms with Gasteiger partial charge in [0.15, 0.2) is 5.96 Å². The van der Waals surface area contributed by atoms with Gasteiger partial charge in [0.1, 0.15) is 6.10 Å². The zero-order chi connectivity index (χ0) is 19.1. The Morgan fingerprint density at radius 3 is 2.75 bits per heavy atom. The number of rotatable bonds is 6. The van der Waals surface area contributed by atoms with Crippen LogP contribution in [0.1, 0.15) is 37.8 Å². The Balaban J connectivity index is 0.00000280. The fourth-order valence-electron chi connectivity index (χ4n) is 3.59. The van der Waals surface area contributed by atoms with Crippen molar-refractivity contribution >= 4 is 29.9 Å². The van der Waals surface area contributed by atoms with Crippen molar-refractivity contribution in [3.05, 3.63) is 35.4 Å². The fraction of sp³-hybridized carbons (Fsp3) is 0.667. The molecule has 0 amide bonds. The summed E-state index contributed by atoms with van der Waals surface area (Å²) < 4.78 is 17.5. The lowest BCUT2D eigenvalue weighted by Gasteiger charge is -2.37. The Morgan fingerprint density at radius 2 is 2.04 bits per heavy atom. The normalized spacial score (nSPS) is 23.0. The van der Waals surface area contributed by atoms with E-state index in [2.05, 4.69) is 53.3 Å². The van der Waals surface area contributed by atoms with Crippen molar-refractivity contribution in [3.63, 3.8) is 0 Å². The van der Waals surface area contributed by atoms with Gasteiger partial charge in [-0.3, -0.25) is 4.99 Å². The minimum Gasteiger partial charge on any atom is -0.375 e. The SMILES string of the molecule is CN=C(NCc1cccc(COC(C)C)c1)N1CCOC(C2CCCO2)C1.I. The van der Waals surface area contributed by atoms with Gasteiger partial charge in [0, 0.05) is 33.3 Å². The number of hydrogen-bond acceptors (Lipinski definition) is 4. The van der Waals surface area contributed by atoms with Crippen molar-refractivity contribution in [1.82, 2.24) is 10.2 Å². The van der Waals surface area contributed by atoms with Gasteiger partial charge < -0.3 is 24.4 Å². The van der Waals surface area contributed by atoms with Crippen molar-refractivity contribution in [3.8, 4) is 0 Å². The highest BCUT2D eigenvalue weighted by molar-refractivity contribution is 14.0. The molecule has 0 bridgehead atoms. The Hall–Kier alpha value is -0.900. The number of hydrogen-bond donors (Lipinski definition) is 1. The number of halogens is 1. The second-order valence-electron chi connectivity index (χ2n) is 7.49. The molecule has 0 aromatic heterocycles. The Labute approximate surface area is 186 Å². The number of ether oxygens (including phenoxy) is 3. The molecule has 6 nitrogen and oxygen atoms in total. The van der Waals surface area contributed by atoms with Crippen LogP contribution in [0.3, 0.4) is 0 Å². The number of aliphatic imine (C=N–C) groups is 1. The summed E-state index contributed by atoms with van der Waals surface area (Å²) >= 11 is 0. The monoisotopic (exact) mass is 503 g/mol. The maximum Gasteiger partial charge on any atom is 0.194 e. The largest absolute Gasteiger partial charge is 0.375 e. The summed E-state index contributed by atoms with van der Waals surface area (Å²) in [5.74, 6) is 0.921. The molecular weight excluding hydrogens is 469 g/mol. The van der Waals surface area contributed by atoms with Gasteiger partial charge in [0.25, 0.3) is 0 Å². The number of benzene rings is 1. The molecule has 2 heterocycles. The lowest BCUT2D eigenvalue weighted by molar-refractivity contribution is -0.0817. The first-order valence-corrected chi connectivity index (χ1v) is 10.0. The van der Waals surface area contributed by atoms with Crippen molar-refractivity contribution in [2.24, 2.45) is 4.99 Å². The molecule has 1 N–H and O–H groups in total. The maximum absolute atomic E-state index is 5.95. The van der Waals surface area contributed by atoms with Gasteiger partial charge in [-0.25, -0.2) is 0 Å². The molecule has 3 rings (SSSR count). The minimum atomic E-state index is 0. The average Bonchev–Trinajstić information content (AvgIpc) is 3.22. The molecule has 2 aliphatic rings. The van der Waals surface area contributed by atoms with Gasteiger partial charge in [0.2, 0.25) is 0 Å². The number of morpholine rings is 1. The van der Waals surface area contributed by atoms with Crippen LogP contribution in [-0.4, -0.2) is 62.5 Å². The molecule has 2 unspecified atom stereocenters. The smallest absolute Gasteiger partial charge is 0.194 e. The molecule has 2 atom stereocenters. The van der Waals surface area contributed by atoms with Crippen LogP contribution < -0.4 is 5.32 Å². The Bertz CT molecular complexity index is 621. The highest BCUT2D eigenvalue weighted by Gasteiger charge is 2.32. The van der Waals surface area contributed by atoms with Crippen LogP contribution in [0.4, 0.5) is 0 Å². The van der Waals surface area contributed by atoms with E-state index < -0.39 is 0 Å². The van der Waals surface area contributed by atoms with Gasteiger partial charge in [-0.05, 0) is 37.8 Å². The highest BCUT2D eigenvalue weighted by Crippen LogP contribution is 2.21. The first kappa shape index (κ1) is 23.4. The van der Waals surface area contributed by atoms with Crippen molar-refractivity contribution in [2.75, 3.05) is 33.4 Å². The zero-order valence-electron chi connectivity index (χ0n) is 17.2. The molecule has 0 aliphatic carbocycles. The molecule has 2 saturated heterocycles. The van der Waals surface area contributed by atoms with Gasteiger partial charge in [-0.15, -0.1) is 24.0 Å². The van der Waals surface area contributed by atoms with E-state index >= 15 is 0 Å². The predicted molar refractivity (Wildman–Crippen MR) is 122 cm³/mol. The van der Waals surface area contributed by atoms with Gasteiger partial charge >= 0.3 is 0 Å². The van der Waals surface area contributed by atoms with Gasteiger partial charge in [0.05, 0.1) is 25.4 Å². The zero-order valence-corrected chi connectivity index (χ0v) is 19.6. The van der Waals surface area contributed by atoms with E-state index in [4.69, 9.17) is 14.2 Å². The minimum absolute atomic E-state index is 0. The molecule has 0 radical (unpaired) electrons. The molecule has 28 heavy (non-hydrogen) atoms. The molecule has 2 aliphatic heterocycles. The van der Waals surface area contributed by atoms with Crippen LogP contribution in [0, 0.1) is 0 Å². The quantitative estimate of drug-likeness (QED) is 0.367. The summed E-state index contributed by atoms with van der Waals surface area (Å²) in [5, 5.41) is 3.50. The molecule has 1 aromatic carbocycles. The predicted octanol–water partition coefficient (Wildman–Crippen LogP) is 3.18. The van der Waals surface area contributed by atoms with E-state index in [-0.39, 0.29) is 42.3 Å². The molecule has 2 fully saturated rings. The third-order valence-corrected chi connectivity index (χ3v) is 5.01. The van der Waals surface area contributed by atoms with E-state index in [1.807, 2.05) is 7.05 Å². The molecule has 7 heteroatoms. The Kier molecular flexibility index (Phi) is 9.98. The van der Waals surface area contributed by atoms with Gasteiger partial charge in [-0.1, -0.05) is 24.3 Å². The summed E-state index contributed by atoms with van der Waals surface area (Å²) in [7, 11) is 1.84. The summed E-state index contributed by atoms with van der Waals surface area (Å²) in [6, 6.07) is 8.51. The van der Waals surface area contributed by atoms with E-state index in [0.29, 0.717) is 13.2 Å². The summed E-state index contributed by atoms with van der Waals surface area (Å²) in [4.78, 5) is 6.76. The second-order valence-corrected chi connectivity index (χ2v) is 7.49. The second kappa shape index (κ2) is 11.9. The summed E-state index contributed by atoms with van der Waals surface area (Å²) in [5.41, 5.74) is 2.42. The molecular formula is C21H34IN3O3. The van der Waals surface area contributed by atoms with Crippen LogP contribution in [0.5, 0.6) is 0 Å². The molecule has 0 saturated carbocycles. The Morgan fingerprint density at radius 1 is 1.25 bits per heavy atom. The van der Waals surface area contributed by atoms with Crippen LogP contribution in [0.15, 0.2) is 29.3 Å². The van der Waals surface area contributed by atoms with E-state index in [9.17, 15) is 0 Å². The van der Waals surface area contributed by atoms with Crippen molar-refractivity contribution in [2.45, 2.75) is 58.2 Å². The number of nitrogens with one attached hydrogen (secondary N) is 1. The van der Waals surface area contributed by atoms with E-state index in [1.165, 1.54) is 11.1 Å². The standard InChI is InChI=1S/C21H33N3O3.HI/c1-16(2)27-15-18-7-4-6-17(12-18)13-23-21(22-3)24-9-11-26-20(14-24)19-8-5-10-25-19;/h4,6-7,12,16,19-20H,5,8-11,13-15H2,1-3H3,(H,22,23);1H. The third kappa shape index (κ3) is 6.86. The van der Waals surface area contributed by atoms with Crippen LogP contribution in [-0.2, 0) is 27.4 Å². The molecule has 1 aromatic rings. The molecule has 158 valence electrons. The maximum atomic E-state index is 5.95. The van der Waals surface area contributed by atoms with Crippen molar-refractivity contribution < 1.29 is 14.2 Å². The van der Waals surface area contributed by atoms with E-state index in [1.54, 1.807) is 0 Å². The average molecular weight is 503 g/mol.